The number of anilines is 1. The van der Waals surface area contributed by atoms with Crippen LogP contribution in [0.3, 0.4) is 0 Å². The number of piperidine rings is 1. The first-order valence-electron chi connectivity index (χ1n) is 10.7. The summed E-state index contributed by atoms with van der Waals surface area (Å²) in [5, 5.41) is 5.70. The molecule has 8 heteroatoms. The highest BCUT2D eigenvalue weighted by molar-refractivity contribution is 7.89. The lowest BCUT2D eigenvalue weighted by atomic mass is 10.1. The van der Waals surface area contributed by atoms with Crippen molar-refractivity contribution in [3.05, 3.63) is 59.7 Å². The first kappa shape index (κ1) is 21.5. The van der Waals surface area contributed by atoms with Crippen molar-refractivity contribution in [2.24, 2.45) is 5.92 Å². The molecule has 2 aromatic rings. The zero-order valence-electron chi connectivity index (χ0n) is 17.3. The number of carbonyl (C=O) groups excluding carboxylic acids is 2. The fraction of sp³-hybridized carbons (Fsp3) is 0.391. The van der Waals surface area contributed by atoms with Crippen LogP contribution in [0.2, 0.25) is 0 Å². The maximum absolute atomic E-state index is 13.1. The van der Waals surface area contributed by atoms with Crippen molar-refractivity contribution in [1.82, 2.24) is 9.62 Å². The van der Waals surface area contributed by atoms with Gasteiger partial charge in [0.2, 0.25) is 15.9 Å². The molecule has 0 aromatic heterocycles. The van der Waals surface area contributed by atoms with Gasteiger partial charge in [-0.1, -0.05) is 30.7 Å². The average Bonchev–Trinajstić information content (AvgIpc) is 3.64. The van der Waals surface area contributed by atoms with Gasteiger partial charge in [-0.05, 0) is 55.5 Å². The van der Waals surface area contributed by atoms with Crippen LogP contribution in [-0.4, -0.2) is 37.6 Å². The number of carbonyl (C=O) groups is 2. The van der Waals surface area contributed by atoms with Crippen LogP contribution in [0, 0.1) is 5.92 Å². The minimum atomic E-state index is -3.72. The summed E-state index contributed by atoms with van der Waals surface area (Å²) >= 11 is 0. The number of nitrogens with zero attached hydrogens (tertiary/aromatic N) is 1. The molecule has 2 amide bonds. The van der Waals surface area contributed by atoms with Gasteiger partial charge in [0.25, 0.3) is 5.91 Å². The molecule has 1 aliphatic heterocycles. The summed E-state index contributed by atoms with van der Waals surface area (Å²) in [5.41, 5.74) is 1.65. The van der Waals surface area contributed by atoms with E-state index in [-0.39, 0.29) is 28.8 Å². The molecule has 2 aromatic carbocycles. The number of benzene rings is 2. The molecule has 1 saturated carbocycles. The Hall–Kier alpha value is -2.71. The Kier molecular flexibility index (Phi) is 6.38. The van der Waals surface area contributed by atoms with Crippen molar-refractivity contribution < 1.29 is 18.0 Å². The van der Waals surface area contributed by atoms with Crippen LogP contribution in [-0.2, 0) is 21.4 Å². The average molecular weight is 442 g/mol. The van der Waals surface area contributed by atoms with Crippen molar-refractivity contribution in [3.8, 4) is 0 Å². The third-order valence-corrected chi connectivity index (χ3v) is 7.62. The highest BCUT2D eigenvalue weighted by Crippen LogP contribution is 2.30. The van der Waals surface area contributed by atoms with E-state index in [1.165, 1.54) is 10.4 Å². The second kappa shape index (κ2) is 9.20. The fourth-order valence-corrected chi connectivity index (χ4v) is 5.46. The lowest BCUT2D eigenvalue weighted by Crippen LogP contribution is -2.37. The molecule has 4 rings (SSSR count). The van der Waals surface area contributed by atoms with Crippen LogP contribution in [0.1, 0.15) is 48.0 Å². The number of amides is 2. The first-order chi connectivity index (χ1) is 14.9. The smallest absolute Gasteiger partial charge is 0.252 e. The van der Waals surface area contributed by atoms with E-state index in [9.17, 15) is 18.0 Å². The number of nitrogens with one attached hydrogen (secondary N) is 2. The second-order valence-corrected chi connectivity index (χ2v) is 10.0. The molecule has 7 nitrogen and oxygen atoms in total. The maximum Gasteiger partial charge on any atom is 0.252 e. The van der Waals surface area contributed by atoms with Gasteiger partial charge in [-0.15, -0.1) is 0 Å². The largest absolute Gasteiger partial charge is 0.348 e. The standard InChI is InChI=1S/C23H27N3O4S/c27-22(18-11-12-18)25-19-8-6-7-17(15-19)16-24-23(28)20-9-2-3-10-21(20)31(29,30)26-13-4-1-5-14-26/h2-3,6-10,15,18H,1,4-5,11-14,16H2,(H,24,28)(H,25,27). The van der Waals surface area contributed by atoms with E-state index in [1.807, 2.05) is 24.3 Å². The van der Waals surface area contributed by atoms with Gasteiger partial charge in [0.05, 0.1) is 10.5 Å². The molecule has 1 aliphatic carbocycles. The van der Waals surface area contributed by atoms with E-state index < -0.39 is 15.9 Å². The molecule has 0 bridgehead atoms. The van der Waals surface area contributed by atoms with Crippen LogP contribution in [0.4, 0.5) is 5.69 Å². The summed E-state index contributed by atoms with van der Waals surface area (Å²) in [5.74, 6) is -0.302. The molecule has 1 saturated heterocycles. The highest BCUT2D eigenvalue weighted by atomic mass is 32.2. The van der Waals surface area contributed by atoms with Gasteiger partial charge in [-0.25, -0.2) is 8.42 Å². The van der Waals surface area contributed by atoms with E-state index in [0.29, 0.717) is 18.8 Å². The molecule has 0 atom stereocenters. The van der Waals surface area contributed by atoms with Gasteiger partial charge in [0.1, 0.15) is 0 Å². The molecule has 164 valence electrons. The second-order valence-electron chi connectivity index (χ2n) is 8.11. The predicted molar refractivity (Wildman–Crippen MR) is 118 cm³/mol. The Balaban J connectivity index is 1.45. The third-order valence-electron chi connectivity index (χ3n) is 5.66. The maximum atomic E-state index is 13.1. The molecule has 2 aliphatic rings. The summed E-state index contributed by atoms with van der Waals surface area (Å²) in [4.78, 5) is 24.9. The number of hydrogen-bond acceptors (Lipinski definition) is 4. The molecular weight excluding hydrogens is 414 g/mol. The zero-order valence-corrected chi connectivity index (χ0v) is 18.2. The Bertz CT molecular complexity index is 1070. The molecule has 1 heterocycles. The van der Waals surface area contributed by atoms with Crippen LogP contribution in [0.15, 0.2) is 53.4 Å². The van der Waals surface area contributed by atoms with Crippen molar-refractivity contribution >= 4 is 27.5 Å². The van der Waals surface area contributed by atoms with E-state index in [1.54, 1.807) is 18.2 Å². The quantitative estimate of drug-likeness (QED) is 0.690. The summed E-state index contributed by atoms with van der Waals surface area (Å²) in [6.07, 6.45) is 4.55. The summed E-state index contributed by atoms with van der Waals surface area (Å²) < 4.78 is 27.7. The Morgan fingerprint density at radius 3 is 2.45 bits per heavy atom. The van der Waals surface area contributed by atoms with Crippen molar-refractivity contribution in [2.45, 2.75) is 43.5 Å². The summed E-state index contributed by atoms with van der Waals surface area (Å²) in [6.45, 7) is 1.19. The van der Waals surface area contributed by atoms with Crippen LogP contribution >= 0.6 is 0 Å². The van der Waals surface area contributed by atoms with Gasteiger partial charge >= 0.3 is 0 Å². The Morgan fingerprint density at radius 1 is 0.968 bits per heavy atom. The first-order valence-corrected chi connectivity index (χ1v) is 12.2. The van der Waals surface area contributed by atoms with Crippen LogP contribution in [0.5, 0.6) is 0 Å². The van der Waals surface area contributed by atoms with Crippen molar-refractivity contribution in [2.75, 3.05) is 18.4 Å². The number of rotatable bonds is 7. The lowest BCUT2D eigenvalue weighted by molar-refractivity contribution is -0.117. The molecule has 0 spiro atoms. The predicted octanol–water partition coefficient (Wildman–Crippen LogP) is 3.14. The Labute approximate surface area is 182 Å². The highest BCUT2D eigenvalue weighted by Gasteiger charge is 2.30. The van der Waals surface area contributed by atoms with Crippen LogP contribution in [0.25, 0.3) is 0 Å². The van der Waals surface area contributed by atoms with Gasteiger partial charge in [0.15, 0.2) is 0 Å². The minimum Gasteiger partial charge on any atom is -0.348 e. The number of hydrogen-bond donors (Lipinski definition) is 2. The Morgan fingerprint density at radius 2 is 1.71 bits per heavy atom. The zero-order chi connectivity index (χ0) is 21.8. The monoisotopic (exact) mass is 441 g/mol. The van der Waals surface area contributed by atoms with E-state index in [0.717, 1.165) is 37.7 Å². The minimum absolute atomic E-state index is 0.0260. The molecule has 31 heavy (non-hydrogen) atoms. The fourth-order valence-electron chi connectivity index (χ4n) is 3.75. The third kappa shape index (κ3) is 5.14. The molecular formula is C23H27N3O4S. The lowest BCUT2D eigenvalue weighted by Gasteiger charge is -2.26. The number of sulfonamides is 1. The molecule has 2 fully saturated rings. The van der Waals surface area contributed by atoms with Gasteiger partial charge in [-0.2, -0.15) is 4.31 Å². The van der Waals surface area contributed by atoms with Gasteiger partial charge < -0.3 is 10.6 Å². The van der Waals surface area contributed by atoms with E-state index in [2.05, 4.69) is 10.6 Å². The van der Waals surface area contributed by atoms with Gasteiger partial charge in [0, 0.05) is 31.2 Å². The summed E-state index contributed by atoms with van der Waals surface area (Å²) in [7, 11) is -3.72. The SMILES string of the molecule is O=C(NCc1cccc(NC(=O)C2CC2)c1)c1ccccc1S(=O)(=O)N1CCCCC1. The van der Waals surface area contributed by atoms with Crippen molar-refractivity contribution in [1.29, 1.82) is 0 Å². The molecule has 0 radical (unpaired) electrons. The van der Waals surface area contributed by atoms with E-state index >= 15 is 0 Å². The van der Waals surface area contributed by atoms with Crippen LogP contribution < -0.4 is 10.6 Å². The topological polar surface area (TPSA) is 95.6 Å². The summed E-state index contributed by atoms with van der Waals surface area (Å²) in [6, 6.07) is 13.6. The molecule has 2 N–H and O–H groups in total. The van der Waals surface area contributed by atoms with Crippen molar-refractivity contribution in [3.63, 3.8) is 0 Å². The van der Waals surface area contributed by atoms with E-state index in [4.69, 9.17) is 0 Å². The molecule has 0 unspecified atom stereocenters. The normalized spacial score (nSPS) is 17.2. The van der Waals surface area contributed by atoms with Gasteiger partial charge in [-0.3, -0.25) is 9.59 Å².